The lowest BCUT2D eigenvalue weighted by molar-refractivity contribution is -0.139. The summed E-state index contributed by atoms with van der Waals surface area (Å²) in [5.74, 6) is -1.02. The van der Waals surface area contributed by atoms with Gasteiger partial charge in [-0.3, -0.25) is 4.79 Å². The minimum Gasteiger partial charge on any atom is -0.480 e. The lowest BCUT2D eigenvalue weighted by Crippen LogP contribution is -2.41. The molecule has 2 atom stereocenters. The number of hydrogen-bond acceptors (Lipinski definition) is 4. The summed E-state index contributed by atoms with van der Waals surface area (Å²) in [6.07, 6.45) is -0.795. The van der Waals surface area contributed by atoms with Crippen molar-refractivity contribution in [3.05, 3.63) is 77.9 Å². The molecular weight excluding hydrogens is 304 g/mol. The molecular formula is C19H22N2O3. The van der Waals surface area contributed by atoms with Crippen LogP contribution in [0, 0.1) is 6.92 Å². The van der Waals surface area contributed by atoms with Crippen molar-refractivity contribution in [3.63, 3.8) is 0 Å². The molecule has 5 heteroatoms. The molecule has 0 aliphatic rings. The van der Waals surface area contributed by atoms with Crippen molar-refractivity contribution < 1.29 is 15.0 Å². The summed E-state index contributed by atoms with van der Waals surface area (Å²) in [4.78, 5) is 11.5. The monoisotopic (exact) mass is 326 g/mol. The van der Waals surface area contributed by atoms with E-state index < -0.39 is 18.1 Å². The number of carbonyl (C=O) groups is 1. The molecule has 0 fully saturated rings. The van der Waals surface area contributed by atoms with E-state index in [1.807, 2.05) is 61.5 Å². The molecule has 0 aliphatic heterocycles. The molecule has 0 heterocycles. The van der Waals surface area contributed by atoms with Crippen molar-refractivity contribution in [2.45, 2.75) is 25.5 Å². The van der Waals surface area contributed by atoms with Crippen LogP contribution in [-0.4, -0.2) is 22.2 Å². The van der Waals surface area contributed by atoms with E-state index in [-0.39, 0.29) is 6.42 Å². The van der Waals surface area contributed by atoms with Gasteiger partial charge in [0.05, 0.1) is 0 Å². The van der Waals surface area contributed by atoms with E-state index in [0.29, 0.717) is 5.57 Å². The number of aliphatic hydroxyl groups is 1. The number of nitrogens with one attached hydrogen (secondary N) is 2. The Hall–Kier alpha value is -2.63. The van der Waals surface area contributed by atoms with Gasteiger partial charge in [0.15, 0.2) is 0 Å². The largest absolute Gasteiger partial charge is 0.480 e. The van der Waals surface area contributed by atoms with Crippen molar-refractivity contribution in [1.82, 2.24) is 5.43 Å². The van der Waals surface area contributed by atoms with Crippen molar-refractivity contribution >= 4 is 11.7 Å². The van der Waals surface area contributed by atoms with Crippen LogP contribution >= 0.6 is 0 Å². The Morgan fingerprint density at radius 3 is 2.38 bits per heavy atom. The maximum Gasteiger partial charge on any atom is 0.322 e. The molecule has 0 amide bonds. The van der Waals surface area contributed by atoms with E-state index in [9.17, 15) is 15.0 Å². The van der Waals surface area contributed by atoms with Gasteiger partial charge < -0.3 is 15.6 Å². The Bertz CT molecular complexity index is 701. The highest BCUT2D eigenvalue weighted by molar-refractivity contribution is 5.74. The van der Waals surface area contributed by atoms with Crippen LogP contribution in [-0.2, 0) is 4.79 Å². The zero-order valence-electron chi connectivity index (χ0n) is 13.6. The Morgan fingerprint density at radius 1 is 1.12 bits per heavy atom. The molecule has 2 unspecified atom stereocenters. The standard InChI is InChI=1S/C19H22N2O3/c1-13-8-6-7-11-16(13)18(22)14(2)12-17(19(23)24)21-20-15-9-4-3-5-10-15/h3-11,17-18,20-22H,2,12H2,1H3,(H,23,24). The molecule has 0 spiro atoms. The average molecular weight is 326 g/mol. The van der Waals surface area contributed by atoms with Gasteiger partial charge in [-0.15, -0.1) is 0 Å². The zero-order valence-corrected chi connectivity index (χ0v) is 13.6. The summed E-state index contributed by atoms with van der Waals surface area (Å²) in [7, 11) is 0. The number of aryl methyl sites for hydroxylation is 1. The molecule has 2 aromatic rings. The van der Waals surface area contributed by atoms with Gasteiger partial charge in [0, 0.05) is 5.69 Å². The van der Waals surface area contributed by atoms with E-state index in [1.54, 1.807) is 0 Å². The molecule has 126 valence electrons. The Balaban J connectivity index is 2.00. The van der Waals surface area contributed by atoms with Crippen molar-refractivity contribution in [3.8, 4) is 0 Å². The summed E-state index contributed by atoms with van der Waals surface area (Å²) >= 11 is 0. The summed E-state index contributed by atoms with van der Waals surface area (Å²) in [6.45, 7) is 5.77. The topological polar surface area (TPSA) is 81.6 Å². The van der Waals surface area contributed by atoms with Crippen LogP contribution in [0.2, 0.25) is 0 Å². The van der Waals surface area contributed by atoms with Crippen LogP contribution in [0.4, 0.5) is 5.69 Å². The van der Waals surface area contributed by atoms with Gasteiger partial charge in [-0.25, -0.2) is 5.43 Å². The van der Waals surface area contributed by atoms with Crippen molar-refractivity contribution in [2.24, 2.45) is 0 Å². The third-order valence-corrected chi connectivity index (χ3v) is 3.80. The highest BCUT2D eigenvalue weighted by Crippen LogP contribution is 2.26. The second-order valence-electron chi connectivity index (χ2n) is 5.65. The predicted octanol–water partition coefficient (Wildman–Crippen LogP) is 3.04. The third-order valence-electron chi connectivity index (χ3n) is 3.80. The van der Waals surface area contributed by atoms with E-state index in [0.717, 1.165) is 16.8 Å². The Morgan fingerprint density at radius 2 is 1.75 bits per heavy atom. The number of aliphatic carboxylic acids is 1. The number of carboxylic acids is 1. The maximum atomic E-state index is 11.5. The first-order chi connectivity index (χ1) is 11.5. The van der Waals surface area contributed by atoms with Crippen molar-refractivity contribution in [1.29, 1.82) is 0 Å². The molecule has 0 bridgehead atoms. The summed E-state index contributed by atoms with van der Waals surface area (Å²) in [6, 6.07) is 15.7. The van der Waals surface area contributed by atoms with Gasteiger partial charge in [-0.1, -0.05) is 49.0 Å². The van der Waals surface area contributed by atoms with Gasteiger partial charge >= 0.3 is 5.97 Å². The number of anilines is 1. The number of carboxylic acid groups (broad SMARTS) is 1. The zero-order chi connectivity index (χ0) is 17.5. The number of para-hydroxylation sites is 1. The molecule has 4 N–H and O–H groups in total. The number of rotatable bonds is 8. The fourth-order valence-corrected chi connectivity index (χ4v) is 2.38. The summed E-state index contributed by atoms with van der Waals surface area (Å²) in [5, 5.41) is 19.8. The van der Waals surface area contributed by atoms with Gasteiger partial charge in [0.2, 0.25) is 0 Å². The van der Waals surface area contributed by atoms with Gasteiger partial charge in [0.25, 0.3) is 0 Å². The van der Waals surface area contributed by atoms with E-state index in [2.05, 4.69) is 17.4 Å². The Labute approximate surface area is 141 Å². The fourth-order valence-electron chi connectivity index (χ4n) is 2.38. The van der Waals surface area contributed by atoms with Crippen LogP contribution in [0.5, 0.6) is 0 Å². The van der Waals surface area contributed by atoms with E-state index in [4.69, 9.17) is 0 Å². The smallest absolute Gasteiger partial charge is 0.322 e. The van der Waals surface area contributed by atoms with Crippen molar-refractivity contribution in [2.75, 3.05) is 5.43 Å². The number of hydrogen-bond donors (Lipinski definition) is 4. The first-order valence-electron chi connectivity index (χ1n) is 7.69. The Kier molecular flexibility index (Phi) is 6.12. The molecule has 2 rings (SSSR count). The molecule has 0 aromatic heterocycles. The minimum atomic E-state index is -1.02. The summed E-state index contributed by atoms with van der Waals surface area (Å²) in [5.41, 5.74) is 8.51. The van der Waals surface area contributed by atoms with Gasteiger partial charge in [0.1, 0.15) is 12.1 Å². The second-order valence-corrected chi connectivity index (χ2v) is 5.65. The average Bonchev–Trinajstić information content (AvgIpc) is 2.58. The summed E-state index contributed by atoms with van der Waals surface area (Å²) < 4.78 is 0. The molecule has 0 saturated carbocycles. The second kappa shape index (κ2) is 8.29. The van der Waals surface area contributed by atoms with Crippen LogP contribution in [0.3, 0.4) is 0 Å². The molecule has 0 radical (unpaired) electrons. The SMILES string of the molecule is C=C(CC(NNc1ccccc1)C(=O)O)C(O)c1ccccc1C. The fraction of sp³-hybridized carbons (Fsp3) is 0.211. The molecule has 0 aliphatic carbocycles. The number of aliphatic hydroxyl groups excluding tert-OH is 1. The quantitative estimate of drug-likeness (QED) is 0.443. The van der Waals surface area contributed by atoms with E-state index in [1.165, 1.54) is 0 Å². The third kappa shape index (κ3) is 4.68. The highest BCUT2D eigenvalue weighted by Gasteiger charge is 2.22. The van der Waals surface area contributed by atoms with Gasteiger partial charge in [-0.2, -0.15) is 0 Å². The normalized spacial score (nSPS) is 13.1. The van der Waals surface area contributed by atoms with Crippen LogP contribution < -0.4 is 10.9 Å². The maximum absolute atomic E-state index is 11.5. The first-order valence-corrected chi connectivity index (χ1v) is 7.69. The molecule has 2 aromatic carbocycles. The van der Waals surface area contributed by atoms with E-state index >= 15 is 0 Å². The molecule has 0 saturated heterocycles. The van der Waals surface area contributed by atoms with Crippen LogP contribution in [0.1, 0.15) is 23.7 Å². The van der Waals surface area contributed by atoms with Gasteiger partial charge in [-0.05, 0) is 42.2 Å². The highest BCUT2D eigenvalue weighted by atomic mass is 16.4. The molecule has 24 heavy (non-hydrogen) atoms. The first kappa shape index (κ1) is 17.7. The minimum absolute atomic E-state index is 0.102. The van der Waals surface area contributed by atoms with Crippen LogP contribution in [0.25, 0.3) is 0 Å². The predicted molar refractivity (Wildman–Crippen MR) is 94.5 cm³/mol. The number of benzene rings is 2. The number of hydrazine groups is 1. The lowest BCUT2D eigenvalue weighted by atomic mass is 9.94. The van der Waals surface area contributed by atoms with Crippen LogP contribution in [0.15, 0.2) is 66.7 Å². The molecule has 5 nitrogen and oxygen atoms in total. The lowest BCUT2D eigenvalue weighted by Gasteiger charge is -2.21.